The van der Waals surface area contributed by atoms with Crippen LogP contribution in [0.15, 0.2) is 41.4 Å². The maximum absolute atomic E-state index is 12.8. The van der Waals surface area contributed by atoms with Gasteiger partial charge in [0.05, 0.1) is 5.69 Å². The molecule has 29 heavy (non-hydrogen) atoms. The first-order valence-corrected chi connectivity index (χ1v) is 10.7. The number of nitrogens with zero attached hydrogens (tertiary/aromatic N) is 2. The highest BCUT2D eigenvalue weighted by atomic mass is 32.2. The SMILES string of the molecule is CCN1C(=O)[C@H](CC(=O)Nc2c(C)cccc2C)SC1=Nc1ccc(C)c(C)c1. The topological polar surface area (TPSA) is 61.8 Å². The zero-order valence-electron chi connectivity index (χ0n) is 17.6. The molecule has 3 rings (SSSR count). The van der Waals surface area contributed by atoms with Crippen LogP contribution in [0.3, 0.4) is 0 Å². The quantitative estimate of drug-likeness (QED) is 0.764. The number of anilines is 1. The van der Waals surface area contributed by atoms with Crippen molar-refractivity contribution in [3.63, 3.8) is 0 Å². The van der Waals surface area contributed by atoms with Gasteiger partial charge in [-0.25, -0.2) is 4.99 Å². The van der Waals surface area contributed by atoms with Crippen molar-refractivity contribution in [3.8, 4) is 0 Å². The van der Waals surface area contributed by atoms with Gasteiger partial charge in [0.25, 0.3) is 0 Å². The predicted molar refractivity (Wildman–Crippen MR) is 121 cm³/mol. The monoisotopic (exact) mass is 409 g/mol. The Bertz CT molecular complexity index is 964. The molecular weight excluding hydrogens is 382 g/mol. The Labute approximate surface area is 176 Å². The second-order valence-electron chi connectivity index (χ2n) is 7.37. The molecule has 1 atom stereocenters. The van der Waals surface area contributed by atoms with E-state index in [4.69, 9.17) is 0 Å². The Morgan fingerprint density at radius 3 is 2.38 bits per heavy atom. The summed E-state index contributed by atoms with van der Waals surface area (Å²) in [5.74, 6) is -0.214. The third kappa shape index (κ3) is 4.70. The highest BCUT2D eigenvalue weighted by molar-refractivity contribution is 8.15. The number of carbonyl (C=O) groups excluding carboxylic acids is 2. The molecule has 1 saturated heterocycles. The largest absolute Gasteiger partial charge is 0.326 e. The smallest absolute Gasteiger partial charge is 0.242 e. The van der Waals surface area contributed by atoms with E-state index in [2.05, 4.69) is 17.2 Å². The summed E-state index contributed by atoms with van der Waals surface area (Å²) in [5, 5.41) is 3.18. The summed E-state index contributed by atoms with van der Waals surface area (Å²) in [7, 11) is 0. The Kier molecular flexibility index (Phi) is 6.42. The second kappa shape index (κ2) is 8.82. The summed E-state index contributed by atoms with van der Waals surface area (Å²) < 4.78 is 0. The number of thioether (sulfide) groups is 1. The predicted octanol–water partition coefficient (Wildman–Crippen LogP) is 4.90. The molecule has 0 aromatic heterocycles. The van der Waals surface area contributed by atoms with Crippen LogP contribution in [-0.2, 0) is 9.59 Å². The van der Waals surface area contributed by atoms with Gasteiger partial charge in [0.15, 0.2) is 5.17 Å². The van der Waals surface area contributed by atoms with Crippen LogP contribution in [0, 0.1) is 27.7 Å². The zero-order valence-corrected chi connectivity index (χ0v) is 18.4. The van der Waals surface area contributed by atoms with Crippen LogP contribution in [0.1, 0.15) is 35.6 Å². The van der Waals surface area contributed by atoms with Crippen LogP contribution >= 0.6 is 11.8 Å². The van der Waals surface area contributed by atoms with Crippen molar-refractivity contribution in [2.75, 3.05) is 11.9 Å². The highest BCUT2D eigenvalue weighted by Gasteiger charge is 2.38. The number of hydrogen-bond acceptors (Lipinski definition) is 4. The lowest BCUT2D eigenvalue weighted by Gasteiger charge is -2.14. The van der Waals surface area contributed by atoms with Gasteiger partial charge in [0.1, 0.15) is 5.25 Å². The molecule has 0 aliphatic carbocycles. The molecular formula is C23H27N3O2S. The van der Waals surface area contributed by atoms with E-state index in [0.29, 0.717) is 11.7 Å². The molecule has 1 N–H and O–H groups in total. The summed E-state index contributed by atoms with van der Waals surface area (Å²) in [6.45, 7) is 10.5. The van der Waals surface area contributed by atoms with E-state index in [1.807, 2.05) is 64.1 Å². The molecule has 0 spiro atoms. The Morgan fingerprint density at radius 1 is 1.07 bits per heavy atom. The molecule has 2 aromatic rings. The number of hydrogen-bond donors (Lipinski definition) is 1. The third-order valence-corrected chi connectivity index (χ3v) is 6.34. The van der Waals surface area contributed by atoms with Crippen LogP contribution in [0.25, 0.3) is 0 Å². The summed E-state index contributed by atoms with van der Waals surface area (Å²) in [6.07, 6.45) is 0.125. The standard InChI is InChI=1S/C23H27N3O2S/c1-6-26-22(28)19(13-20(27)25-21-15(3)8-7-9-16(21)4)29-23(26)24-18-11-10-14(2)17(5)12-18/h7-12,19H,6,13H2,1-5H3,(H,25,27)/t19-/m0/s1. The number of carbonyl (C=O) groups is 2. The number of rotatable bonds is 5. The van der Waals surface area contributed by atoms with Crippen molar-refractivity contribution in [1.29, 1.82) is 0 Å². The van der Waals surface area contributed by atoms with Gasteiger partial charge in [0.2, 0.25) is 11.8 Å². The molecule has 1 aliphatic heterocycles. The van der Waals surface area contributed by atoms with E-state index in [1.54, 1.807) is 4.90 Å². The van der Waals surface area contributed by atoms with Gasteiger partial charge in [-0.1, -0.05) is 36.0 Å². The van der Waals surface area contributed by atoms with Crippen LogP contribution in [0.2, 0.25) is 0 Å². The van der Waals surface area contributed by atoms with Gasteiger partial charge in [0, 0.05) is 18.7 Å². The molecule has 0 saturated carbocycles. The average Bonchev–Trinajstić information content (AvgIpc) is 2.95. The number of amidine groups is 1. The normalized spacial score (nSPS) is 17.8. The number of aliphatic imine (C=N–C) groups is 1. The lowest BCUT2D eigenvalue weighted by Crippen LogP contribution is -2.33. The minimum Gasteiger partial charge on any atom is -0.326 e. The molecule has 1 heterocycles. The van der Waals surface area contributed by atoms with Gasteiger partial charge in [-0.3, -0.25) is 14.5 Å². The summed E-state index contributed by atoms with van der Waals surface area (Å²) in [6, 6.07) is 11.9. The molecule has 1 fully saturated rings. The minimum atomic E-state index is -0.454. The van der Waals surface area contributed by atoms with E-state index in [9.17, 15) is 9.59 Å². The summed E-state index contributed by atoms with van der Waals surface area (Å²) >= 11 is 1.37. The Morgan fingerprint density at radius 2 is 1.76 bits per heavy atom. The van der Waals surface area contributed by atoms with Crippen LogP contribution < -0.4 is 5.32 Å². The van der Waals surface area contributed by atoms with Crippen LogP contribution in [0.5, 0.6) is 0 Å². The van der Waals surface area contributed by atoms with Crippen molar-refractivity contribution in [3.05, 3.63) is 58.7 Å². The summed E-state index contributed by atoms with van der Waals surface area (Å²) in [5.41, 5.74) is 6.03. The molecule has 152 valence electrons. The first-order valence-electron chi connectivity index (χ1n) is 9.80. The highest BCUT2D eigenvalue weighted by Crippen LogP contribution is 2.32. The van der Waals surface area contributed by atoms with E-state index in [1.165, 1.54) is 17.3 Å². The van der Waals surface area contributed by atoms with Gasteiger partial charge >= 0.3 is 0 Å². The minimum absolute atomic E-state index is 0.0586. The maximum Gasteiger partial charge on any atom is 0.242 e. The maximum atomic E-state index is 12.8. The molecule has 0 radical (unpaired) electrons. The molecule has 0 bridgehead atoms. The van der Waals surface area contributed by atoms with Crippen molar-refractivity contribution in [2.24, 2.45) is 4.99 Å². The zero-order chi connectivity index (χ0) is 21.1. The number of nitrogens with one attached hydrogen (secondary N) is 1. The lowest BCUT2D eigenvalue weighted by molar-refractivity contribution is -0.128. The van der Waals surface area contributed by atoms with Crippen molar-refractivity contribution < 1.29 is 9.59 Å². The first kappa shape index (κ1) is 21.1. The number of amides is 2. The average molecular weight is 410 g/mol. The van der Waals surface area contributed by atoms with Crippen molar-refractivity contribution >= 4 is 40.1 Å². The van der Waals surface area contributed by atoms with Crippen molar-refractivity contribution in [1.82, 2.24) is 4.90 Å². The Balaban J connectivity index is 1.75. The van der Waals surface area contributed by atoms with E-state index in [-0.39, 0.29) is 18.2 Å². The lowest BCUT2D eigenvalue weighted by atomic mass is 10.1. The molecule has 2 aromatic carbocycles. The second-order valence-corrected chi connectivity index (χ2v) is 8.54. The fraction of sp³-hybridized carbons (Fsp3) is 0.348. The van der Waals surface area contributed by atoms with E-state index in [0.717, 1.165) is 28.1 Å². The third-order valence-electron chi connectivity index (χ3n) is 5.17. The van der Waals surface area contributed by atoms with Gasteiger partial charge in [-0.2, -0.15) is 0 Å². The molecule has 0 unspecified atom stereocenters. The molecule has 6 heteroatoms. The molecule has 2 amide bonds. The van der Waals surface area contributed by atoms with Gasteiger partial charge in [-0.05, 0) is 69.0 Å². The number of benzene rings is 2. The van der Waals surface area contributed by atoms with Crippen molar-refractivity contribution in [2.45, 2.75) is 46.3 Å². The first-order chi connectivity index (χ1) is 13.8. The van der Waals surface area contributed by atoms with Crippen LogP contribution in [-0.4, -0.2) is 33.7 Å². The fourth-order valence-electron chi connectivity index (χ4n) is 3.29. The van der Waals surface area contributed by atoms with E-state index >= 15 is 0 Å². The summed E-state index contributed by atoms with van der Waals surface area (Å²) in [4.78, 5) is 31.8. The Hall–Kier alpha value is -2.60. The fourth-order valence-corrected chi connectivity index (χ4v) is 4.51. The molecule has 1 aliphatic rings. The van der Waals surface area contributed by atoms with Crippen LogP contribution in [0.4, 0.5) is 11.4 Å². The van der Waals surface area contributed by atoms with E-state index < -0.39 is 5.25 Å². The van der Waals surface area contributed by atoms with Gasteiger partial charge in [-0.15, -0.1) is 0 Å². The molecule has 5 nitrogen and oxygen atoms in total. The number of para-hydroxylation sites is 1. The van der Waals surface area contributed by atoms with Gasteiger partial charge < -0.3 is 5.32 Å². The number of aryl methyl sites for hydroxylation is 4.